The number of benzene rings is 1. The predicted octanol–water partition coefficient (Wildman–Crippen LogP) is 1.81. The number of imide groups is 1. The predicted molar refractivity (Wildman–Crippen MR) is 90.4 cm³/mol. The van der Waals surface area contributed by atoms with Crippen LogP contribution in [0.4, 0.5) is 10.5 Å². The number of esters is 1. The number of hydrogen-bond acceptors (Lipinski definition) is 5. The number of urea groups is 1. The van der Waals surface area contributed by atoms with Crippen LogP contribution < -0.4 is 10.6 Å². The monoisotopic (exact) mass is 387 g/mol. The van der Waals surface area contributed by atoms with Gasteiger partial charge in [-0.05, 0) is 26.0 Å². The number of amides is 4. The molecule has 1 heterocycles. The van der Waals surface area contributed by atoms with Crippen molar-refractivity contribution in [2.75, 3.05) is 18.5 Å². The first-order valence-electron chi connectivity index (χ1n) is 7.15. The van der Waals surface area contributed by atoms with Gasteiger partial charge in [0.1, 0.15) is 12.1 Å². The molecular weight excluding hydrogens is 373 g/mol. The second kappa shape index (κ2) is 7.28. The molecule has 0 aromatic heterocycles. The van der Waals surface area contributed by atoms with Crippen molar-refractivity contribution in [2.24, 2.45) is 0 Å². The zero-order valence-electron chi connectivity index (χ0n) is 13.4. The molecule has 0 aliphatic carbocycles. The average Bonchev–Trinajstić information content (AvgIpc) is 2.72. The van der Waals surface area contributed by atoms with Crippen LogP contribution in [-0.4, -0.2) is 47.4 Å². The number of hydrogen-bond donors (Lipinski definition) is 2. The summed E-state index contributed by atoms with van der Waals surface area (Å²) in [4.78, 5) is 47.9. The molecule has 0 saturated carbocycles. The minimum atomic E-state index is -1.09. The molecule has 8 nitrogen and oxygen atoms in total. The summed E-state index contributed by atoms with van der Waals surface area (Å²) in [5.74, 6) is -2.09. The van der Waals surface area contributed by atoms with Crippen molar-refractivity contribution in [1.29, 1.82) is 0 Å². The highest BCUT2D eigenvalue weighted by Gasteiger charge is 2.45. The molecule has 1 aromatic carbocycles. The second-order valence-corrected chi connectivity index (χ2v) is 6.54. The van der Waals surface area contributed by atoms with E-state index in [1.54, 1.807) is 12.1 Å². The molecule has 1 aromatic rings. The van der Waals surface area contributed by atoms with Gasteiger partial charge in [-0.15, -0.1) is 0 Å². The van der Waals surface area contributed by atoms with Crippen molar-refractivity contribution in [3.8, 4) is 0 Å². The molecule has 10 heteroatoms. The van der Waals surface area contributed by atoms with E-state index in [1.807, 2.05) is 0 Å². The number of rotatable bonds is 5. The van der Waals surface area contributed by atoms with Crippen LogP contribution in [0.3, 0.4) is 0 Å². The fourth-order valence-corrected chi connectivity index (χ4v) is 2.42. The lowest BCUT2D eigenvalue weighted by atomic mass is 10.1. The summed E-state index contributed by atoms with van der Waals surface area (Å²) in [5.41, 5.74) is -0.816. The van der Waals surface area contributed by atoms with E-state index in [0.29, 0.717) is 0 Å². The van der Waals surface area contributed by atoms with Gasteiger partial charge in [-0.2, -0.15) is 0 Å². The number of anilines is 1. The molecule has 0 atom stereocenters. The number of carbonyl (C=O) groups excluding carboxylic acids is 4. The smallest absolute Gasteiger partial charge is 0.326 e. The Balaban J connectivity index is 1.86. The van der Waals surface area contributed by atoms with Crippen LogP contribution in [-0.2, 0) is 19.1 Å². The van der Waals surface area contributed by atoms with E-state index in [0.717, 1.165) is 4.90 Å². The maximum absolute atomic E-state index is 12.0. The number of carbonyl (C=O) groups is 4. The highest BCUT2D eigenvalue weighted by Crippen LogP contribution is 2.29. The van der Waals surface area contributed by atoms with Crippen molar-refractivity contribution in [3.63, 3.8) is 0 Å². The summed E-state index contributed by atoms with van der Waals surface area (Å²) < 4.78 is 4.77. The van der Waals surface area contributed by atoms with Crippen molar-refractivity contribution >= 4 is 52.7 Å². The lowest BCUT2D eigenvalue weighted by Crippen LogP contribution is -2.41. The highest BCUT2D eigenvalue weighted by atomic mass is 35.5. The average molecular weight is 388 g/mol. The van der Waals surface area contributed by atoms with E-state index in [4.69, 9.17) is 27.9 Å². The topological polar surface area (TPSA) is 105 Å². The maximum Gasteiger partial charge on any atom is 0.326 e. The summed E-state index contributed by atoms with van der Waals surface area (Å²) in [7, 11) is 0. The molecule has 1 fully saturated rings. The summed E-state index contributed by atoms with van der Waals surface area (Å²) in [6.45, 7) is 1.84. The normalized spacial score (nSPS) is 15.8. The molecule has 1 aliphatic heterocycles. The van der Waals surface area contributed by atoms with E-state index < -0.39 is 42.5 Å². The van der Waals surface area contributed by atoms with Gasteiger partial charge < -0.3 is 15.4 Å². The Kier molecular flexibility index (Phi) is 5.54. The van der Waals surface area contributed by atoms with Crippen LogP contribution in [0, 0.1) is 0 Å². The summed E-state index contributed by atoms with van der Waals surface area (Å²) >= 11 is 11.8. The van der Waals surface area contributed by atoms with Crippen molar-refractivity contribution in [2.45, 2.75) is 19.4 Å². The molecule has 25 heavy (non-hydrogen) atoms. The Morgan fingerprint density at radius 2 is 1.96 bits per heavy atom. The van der Waals surface area contributed by atoms with Crippen molar-refractivity contribution < 1.29 is 23.9 Å². The SMILES string of the molecule is CC1(C)NC(=O)N(CC(=O)OCC(=O)Nc2cccc(Cl)c2Cl)C1=O. The lowest BCUT2D eigenvalue weighted by molar-refractivity contribution is -0.150. The van der Waals surface area contributed by atoms with Gasteiger partial charge in [0.05, 0.1) is 15.7 Å². The third-order valence-corrected chi connectivity index (χ3v) is 4.14. The Bertz CT molecular complexity index is 751. The quantitative estimate of drug-likeness (QED) is 0.591. The maximum atomic E-state index is 12.0. The summed E-state index contributed by atoms with van der Waals surface area (Å²) in [5, 5.41) is 5.29. The molecule has 1 saturated heterocycles. The van der Waals surface area contributed by atoms with E-state index in [-0.39, 0.29) is 15.7 Å². The van der Waals surface area contributed by atoms with Gasteiger partial charge in [-0.1, -0.05) is 29.3 Å². The minimum absolute atomic E-state index is 0.158. The van der Waals surface area contributed by atoms with Crippen LogP contribution in [0.15, 0.2) is 18.2 Å². The highest BCUT2D eigenvalue weighted by molar-refractivity contribution is 6.44. The van der Waals surface area contributed by atoms with Crippen molar-refractivity contribution in [3.05, 3.63) is 28.2 Å². The van der Waals surface area contributed by atoms with Gasteiger partial charge in [0.15, 0.2) is 6.61 Å². The lowest BCUT2D eigenvalue weighted by Gasteiger charge is -2.15. The molecule has 0 bridgehead atoms. The van der Waals surface area contributed by atoms with Gasteiger partial charge in [0.25, 0.3) is 11.8 Å². The van der Waals surface area contributed by atoms with Gasteiger partial charge in [-0.3, -0.25) is 19.3 Å². The van der Waals surface area contributed by atoms with E-state index in [9.17, 15) is 19.2 Å². The van der Waals surface area contributed by atoms with Crippen LogP contribution in [0.2, 0.25) is 10.0 Å². The fourth-order valence-electron chi connectivity index (χ4n) is 2.07. The molecule has 1 aliphatic rings. The van der Waals surface area contributed by atoms with Gasteiger partial charge in [0, 0.05) is 0 Å². The second-order valence-electron chi connectivity index (χ2n) is 5.76. The number of halogens is 2. The fraction of sp³-hybridized carbons (Fsp3) is 0.333. The Labute approximate surface area is 153 Å². The van der Waals surface area contributed by atoms with Gasteiger partial charge >= 0.3 is 12.0 Å². The first-order valence-corrected chi connectivity index (χ1v) is 7.91. The Hall–Kier alpha value is -2.32. The number of nitrogens with one attached hydrogen (secondary N) is 2. The standard InChI is InChI=1S/C15H15Cl2N3O5/c1-15(2)13(23)20(14(24)19-15)6-11(22)25-7-10(21)18-9-5-3-4-8(16)12(9)17/h3-5H,6-7H2,1-2H3,(H,18,21)(H,19,24). The summed E-state index contributed by atoms with van der Waals surface area (Å²) in [6.07, 6.45) is 0. The molecule has 0 unspecified atom stereocenters. The molecule has 134 valence electrons. The van der Waals surface area contributed by atoms with E-state index in [1.165, 1.54) is 19.9 Å². The van der Waals surface area contributed by atoms with Crippen LogP contribution >= 0.6 is 23.2 Å². The third-order valence-electron chi connectivity index (χ3n) is 3.32. The molecule has 2 N–H and O–H groups in total. The number of ether oxygens (including phenoxy) is 1. The first kappa shape index (κ1) is 19.0. The molecule has 0 spiro atoms. The minimum Gasteiger partial charge on any atom is -0.454 e. The Morgan fingerprint density at radius 3 is 2.56 bits per heavy atom. The first-order chi connectivity index (χ1) is 11.6. The zero-order valence-corrected chi connectivity index (χ0v) is 14.9. The van der Waals surface area contributed by atoms with Crippen molar-refractivity contribution in [1.82, 2.24) is 10.2 Å². The van der Waals surface area contributed by atoms with Crippen LogP contribution in [0.25, 0.3) is 0 Å². The molecular formula is C15H15Cl2N3O5. The molecule has 4 amide bonds. The van der Waals surface area contributed by atoms with Gasteiger partial charge in [-0.25, -0.2) is 4.79 Å². The van der Waals surface area contributed by atoms with E-state index in [2.05, 4.69) is 10.6 Å². The summed E-state index contributed by atoms with van der Waals surface area (Å²) in [6, 6.07) is 3.99. The molecule has 2 rings (SSSR count). The van der Waals surface area contributed by atoms with Gasteiger partial charge in [0.2, 0.25) is 0 Å². The van der Waals surface area contributed by atoms with Crippen LogP contribution in [0.1, 0.15) is 13.8 Å². The number of nitrogens with zero attached hydrogens (tertiary/aromatic N) is 1. The zero-order chi connectivity index (χ0) is 18.8. The third kappa shape index (κ3) is 4.40. The van der Waals surface area contributed by atoms with E-state index >= 15 is 0 Å². The van der Waals surface area contributed by atoms with Crippen LogP contribution in [0.5, 0.6) is 0 Å². The molecule has 0 radical (unpaired) electrons. The Morgan fingerprint density at radius 1 is 1.28 bits per heavy atom. The largest absolute Gasteiger partial charge is 0.454 e.